The zero-order valence-corrected chi connectivity index (χ0v) is 12.7. The van der Waals surface area contributed by atoms with E-state index < -0.39 is 43.4 Å². The number of carbonyl (C=O) groups is 1. The molecule has 1 fully saturated rings. The number of anilines is 1. The zero-order valence-electron chi connectivity index (χ0n) is 11.9. The van der Waals surface area contributed by atoms with E-state index in [1.807, 2.05) is 0 Å². The van der Waals surface area contributed by atoms with Crippen LogP contribution in [0.5, 0.6) is 0 Å². The summed E-state index contributed by atoms with van der Waals surface area (Å²) in [5.41, 5.74) is 0.710. The Morgan fingerprint density at radius 2 is 2.04 bits per heavy atom. The van der Waals surface area contributed by atoms with Gasteiger partial charge in [-0.15, -0.1) is 12.4 Å². The van der Waals surface area contributed by atoms with Gasteiger partial charge in [0.1, 0.15) is 0 Å². The lowest BCUT2D eigenvalue weighted by atomic mass is 10.1. The standard InChI is InChI=1S/C14H15F5N2O.ClH/c15-13(16)7-11(20-8-13)12(22)21-10-3-1-2-9(6-10)4-5-14(17,18)19;/h1-3,6,11,20H,4-5,7-8H2,(H,21,22);1H. The van der Waals surface area contributed by atoms with Gasteiger partial charge in [0, 0.05) is 18.5 Å². The molecule has 1 aromatic carbocycles. The number of hydrogen-bond donors (Lipinski definition) is 2. The van der Waals surface area contributed by atoms with Crippen LogP contribution in [-0.2, 0) is 11.2 Å². The van der Waals surface area contributed by atoms with Crippen LogP contribution in [0.4, 0.5) is 27.6 Å². The fraction of sp³-hybridized carbons (Fsp3) is 0.500. The Hall–Kier alpha value is -1.41. The van der Waals surface area contributed by atoms with Gasteiger partial charge in [0.05, 0.1) is 12.6 Å². The van der Waals surface area contributed by atoms with Crippen molar-refractivity contribution in [2.45, 2.75) is 37.4 Å². The van der Waals surface area contributed by atoms with Crippen LogP contribution in [0.25, 0.3) is 0 Å². The van der Waals surface area contributed by atoms with Crippen molar-refractivity contribution in [3.63, 3.8) is 0 Å². The topological polar surface area (TPSA) is 41.1 Å². The van der Waals surface area contributed by atoms with Gasteiger partial charge in [-0.2, -0.15) is 13.2 Å². The molecule has 0 saturated carbocycles. The Labute approximate surface area is 136 Å². The minimum atomic E-state index is -4.25. The molecule has 1 amide bonds. The van der Waals surface area contributed by atoms with E-state index in [4.69, 9.17) is 0 Å². The van der Waals surface area contributed by atoms with E-state index in [1.165, 1.54) is 24.3 Å². The van der Waals surface area contributed by atoms with Gasteiger partial charge in [-0.1, -0.05) is 12.1 Å². The van der Waals surface area contributed by atoms with Crippen molar-refractivity contribution in [2.24, 2.45) is 0 Å². The number of alkyl halides is 5. The van der Waals surface area contributed by atoms with Crippen LogP contribution in [-0.4, -0.2) is 30.6 Å². The van der Waals surface area contributed by atoms with Crippen molar-refractivity contribution < 1.29 is 26.7 Å². The maximum absolute atomic E-state index is 13.0. The number of nitrogens with one attached hydrogen (secondary N) is 2. The van der Waals surface area contributed by atoms with Gasteiger partial charge < -0.3 is 5.32 Å². The molecule has 1 aliphatic rings. The Balaban J connectivity index is 0.00000264. The number of carbonyl (C=O) groups excluding carboxylic acids is 1. The molecular formula is C14H16ClF5N2O. The first-order chi connectivity index (χ1) is 10.1. The number of hydrogen-bond acceptors (Lipinski definition) is 2. The number of halogens is 6. The summed E-state index contributed by atoms with van der Waals surface area (Å²) < 4.78 is 62.6. The minimum absolute atomic E-state index is 0. The lowest BCUT2D eigenvalue weighted by Gasteiger charge is -2.12. The van der Waals surface area contributed by atoms with Crippen molar-refractivity contribution in [1.82, 2.24) is 5.32 Å². The fourth-order valence-corrected chi connectivity index (χ4v) is 2.22. The van der Waals surface area contributed by atoms with Gasteiger partial charge in [0.15, 0.2) is 0 Å². The fourth-order valence-electron chi connectivity index (χ4n) is 2.22. The van der Waals surface area contributed by atoms with Crippen molar-refractivity contribution in [2.75, 3.05) is 11.9 Å². The first kappa shape index (κ1) is 19.6. The summed E-state index contributed by atoms with van der Waals surface area (Å²) in [6.45, 7) is -0.559. The largest absolute Gasteiger partial charge is 0.389 e. The van der Waals surface area contributed by atoms with Crippen LogP contribution >= 0.6 is 12.4 Å². The quantitative estimate of drug-likeness (QED) is 0.808. The first-order valence-corrected chi connectivity index (χ1v) is 6.72. The molecule has 2 N–H and O–H groups in total. The molecule has 0 radical (unpaired) electrons. The zero-order chi connectivity index (χ0) is 16.4. The molecule has 1 atom stereocenters. The van der Waals surface area contributed by atoms with E-state index in [2.05, 4.69) is 10.6 Å². The number of rotatable bonds is 4. The molecule has 1 unspecified atom stereocenters. The highest BCUT2D eigenvalue weighted by molar-refractivity contribution is 5.95. The van der Waals surface area contributed by atoms with Gasteiger partial charge in [-0.3, -0.25) is 10.1 Å². The second-order valence-corrected chi connectivity index (χ2v) is 5.30. The van der Waals surface area contributed by atoms with Crippen LogP contribution in [0.15, 0.2) is 24.3 Å². The molecule has 0 spiro atoms. The molecule has 0 aliphatic carbocycles. The molecule has 0 aromatic heterocycles. The SMILES string of the molecule is Cl.O=C(Nc1cccc(CCC(F)(F)F)c1)C1CC(F)(F)CN1. The molecule has 130 valence electrons. The molecule has 3 nitrogen and oxygen atoms in total. The van der Waals surface area contributed by atoms with E-state index in [9.17, 15) is 26.7 Å². The van der Waals surface area contributed by atoms with Crippen LogP contribution in [0.2, 0.25) is 0 Å². The smallest absolute Gasteiger partial charge is 0.325 e. The van der Waals surface area contributed by atoms with E-state index in [0.29, 0.717) is 11.3 Å². The Kier molecular flexibility index (Phi) is 6.35. The number of amides is 1. The van der Waals surface area contributed by atoms with Crippen molar-refractivity contribution in [3.8, 4) is 0 Å². The second-order valence-electron chi connectivity index (χ2n) is 5.30. The molecule has 2 rings (SSSR count). The highest BCUT2D eigenvalue weighted by Crippen LogP contribution is 2.26. The summed E-state index contributed by atoms with van der Waals surface area (Å²) in [5.74, 6) is -3.54. The summed E-state index contributed by atoms with van der Waals surface area (Å²) in [4.78, 5) is 11.8. The predicted molar refractivity (Wildman–Crippen MR) is 78.1 cm³/mol. The van der Waals surface area contributed by atoms with E-state index in [0.717, 1.165) is 0 Å². The maximum atomic E-state index is 13.0. The third-order valence-corrected chi connectivity index (χ3v) is 3.32. The summed E-state index contributed by atoms with van der Waals surface area (Å²) in [6.07, 6.45) is -6.00. The molecule has 9 heteroatoms. The molecular weight excluding hydrogens is 343 g/mol. The third kappa shape index (κ3) is 6.31. The summed E-state index contributed by atoms with van der Waals surface area (Å²) in [6, 6.07) is 4.94. The van der Waals surface area contributed by atoms with Gasteiger partial charge in [0.2, 0.25) is 5.91 Å². The number of benzene rings is 1. The highest BCUT2D eigenvalue weighted by atomic mass is 35.5. The predicted octanol–water partition coefficient (Wildman–Crippen LogP) is 3.54. The average molecular weight is 359 g/mol. The summed E-state index contributed by atoms with van der Waals surface area (Å²) >= 11 is 0. The van der Waals surface area contributed by atoms with Crippen molar-refractivity contribution in [3.05, 3.63) is 29.8 Å². The minimum Gasteiger partial charge on any atom is -0.325 e. The van der Waals surface area contributed by atoms with Crippen LogP contribution in [0, 0.1) is 0 Å². The van der Waals surface area contributed by atoms with Crippen LogP contribution < -0.4 is 10.6 Å². The lowest BCUT2D eigenvalue weighted by Crippen LogP contribution is -2.35. The monoisotopic (exact) mass is 358 g/mol. The molecule has 1 saturated heterocycles. The van der Waals surface area contributed by atoms with Crippen LogP contribution in [0.3, 0.4) is 0 Å². The molecule has 23 heavy (non-hydrogen) atoms. The normalized spacial score (nSPS) is 20.0. The molecule has 1 aliphatic heterocycles. The maximum Gasteiger partial charge on any atom is 0.389 e. The lowest BCUT2D eigenvalue weighted by molar-refractivity contribution is -0.134. The van der Waals surface area contributed by atoms with Crippen LogP contribution in [0.1, 0.15) is 18.4 Å². The van der Waals surface area contributed by atoms with E-state index >= 15 is 0 Å². The van der Waals surface area contributed by atoms with E-state index in [-0.39, 0.29) is 18.8 Å². The number of aryl methyl sites for hydroxylation is 1. The van der Waals surface area contributed by atoms with Crippen molar-refractivity contribution in [1.29, 1.82) is 0 Å². The average Bonchev–Trinajstić information content (AvgIpc) is 2.77. The van der Waals surface area contributed by atoms with Gasteiger partial charge in [-0.25, -0.2) is 8.78 Å². The van der Waals surface area contributed by atoms with Gasteiger partial charge in [-0.05, 0) is 24.1 Å². The first-order valence-electron chi connectivity index (χ1n) is 6.72. The summed E-state index contributed by atoms with van der Waals surface area (Å²) in [5, 5.41) is 4.86. The highest BCUT2D eigenvalue weighted by Gasteiger charge is 2.42. The summed E-state index contributed by atoms with van der Waals surface area (Å²) in [7, 11) is 0. The molecule has 0 bridgehead atoms. The van der Waals surface area contributed by atoms with Gasteiger partial charge in [0.25, 0.3) is 5.92 Å². The second kappa shape index (κ2) is 7.44. The Morgan fingerprint density at radius 1 is 1.35 bits per heavy atom. The Morgan fingerprint density at radius 3 is 2.61 bits per heavy atom. The molecule has 1 heterocycles. The third-order valence-electron chi connectivity index (χ3n) is 3.32. The Bertz CT molecular complexity index is 550. The van der Waals surface area contributed by atoms with Crippen molar-refractivity contribution >= 4 is 24.0 Å². The molecule has 1 aromatic rings. The van der Waals surface area contributed by atoms with E-state index in [1.54, 1.807) is 0 Å². The van der Waals surface area contributed by atoms with Gasteiger partial charge >= 0.3 is 6.18 Å².